The Morgan fingerprint density at radius 2 is 1.92 bits per heavy atom. The van der Waals surface area contributed by atoms with Gasteiger partial charge in [-0.15, -0.1) is 5.10 Å². The molecule has 3 N–H and O–H groups in total. The standard InChI is InChI=1S/C18H24N4O2/c1-12-7-9-14(10-8-12)22-13(2)11-17(21-22)20-18(24)19-15-5-3-4-6-16(15)23/h7-11,15-16,23H,3-6H2,1-2H3,(H2,19,20,21,24). The summed E-state index contributed by atoms with van der Waals surface area (Å²) in [6, 6.07) is 9.38. The van der Waals surface area contributed by atoms with E-state index in [1.54, 1.807) is 4.68 Å². The lowest BCUT2D eigenvalue weighted by molar-refractivity contribution is 0.0955. The van der Waals surface area contributed by atoms with E-state index in [0.29, 0.717) is 5.82 Å². The van der Waals surface area contributed by atoms with E-state index >= 15 is 0 Å². The Kier molecular flexibility index (Phi) is 4.85. The summed E-state index contributed by atoms with van der Waals surface area (Å²) in [5.41, 5.74) is 3.08. The largest absolute Gasteiger partial charge is 0.391 e. The fourth-order valence-corrected chi connectivity index (χ4v) is 3.08. The fraction of sp³-hybridized carbons (Fsp3) is 0.444. The van der Waals surface area contributed by atoms with Gasteiger partial charge in [-0.2, -0.15) is 0 Å². The number of aliphatic hydroxyl groups is 1. The maximum absolute atomic E-state index is 12.1. The minimum atomic E-state index is -0.462. The zero-order valence-electron chi connectivity index (χ0n) is 14.1. The number of carbonyl (C=O) groups excluding carboxylic acids is 1. The highest BCUT2D eigenvalue weighted by Gasteiger charge is 2.24. The van der Waals surface area contributed by atoms with Crippen LogP contribution in [0.15, 0.2) is 30.3 Å². The van der Waals surface area contributed by atoms with E-state index in [-0.39, 0.29) is 12.1 Å². The van der Waals surface area contributed by atoms with Gasteiger partial charge in [0.05, 0.1) is 17.8 Å². The first-order valence-electron chi connectivity index (χ1n) is 8.42. The predicted octanol–water partition coefficient (Wildman–Crippen LogP) is 2.91. The minimum Gasteiger partial charge on any atom is -0.391 e. The van der Waals surface area contributed by atoms with Gasteiger partial charge >= 0.3 is 6.03 Å². The third-order valence-corrected chi connectivity index (χ3v) is 4.45. The van der Waals surface area contributed by atoms with Crippen LogP contribution < -0.4 is 10.6 Å². The molecular weight excluding hydrogens is 304 g/mol. The highest BCUT2D eigenvalue weighted by molar-refractivity contribution is 5.88. The molecule has 2 atom stereocenters. The van der Waals surface area contributed by atoms with E-state index in [9.17, 15) is 9.90 Å². The van der Waals surface area contributed by atoms with Crippen LogP contribution in [-0.2, 0) is 0 Å². The van der Waals surface area contributed by atoms with Crippen molar-refractivity contribution in [1.29, 1.82) is 0 Å². The van der Waals surface area contributed by atoms with Crippen molar-refractivity contribution in [3.8, 4) is 5.69 Å². The molecule has 1 fully saturated rings. The minimum absolute atomic E-state index is 0.181. The van der Waals surface area contributed by atoms with Gasteiger partial charge in [-0.05, 0) is 38.8 Å². The van der Waals surface area contributed by atoms with Crippen LogP contribution in [0.1, 0.15) is 36.9 Å². The van der Waals surface area contributed by atoms with Crippen molar-refractivity contribution in [2.75, 3.05) is 5.32 Å². The average Bonchev–Trinajstić information content (AvgIpc) is 2.90. The first kappa shape index (κ1) is 16.5. The van der Waals surface area contributed by atoms with Crippen LogP contribution >= 0.6 is 0 Å². The maximum atomic E-state index is 12.1. The molecule has 6 nitrogen and oxygen atoms in total. The lowest BCUT2D eigenvalue weighted by atomic mass is 9.93. The van der Waals surface area contributed by atoms with E-state index in [0.717, 1.165) is 37.1 Å². The van der Waals surface area contributed by atoms with Gasteiger partial charge in [-0.1, -0.05) is 30.5 Å². The Morgan fingerprint density at radius 1 is 1.21 bits per heavy atom. The first-order valence-corrected chi connectivity index (χ1v) is 8.42. The molecule has 1 aromatic heterocycles. The van der Waals surface area contributed by atoms with Crippen LogP contribution in [0.25, 0.3) is 5.69 Å². The Balaban J connectivity index is 1.66. The van der Waals surface area contributed by atoms with Gasteiger partial charge in [0.25, 0.3) is 0 Å². The van der Waals surface area contributed by atoms with Crippen LogP contribution in [0.5, 0.6) is 0 Å². The number of urea groups is 1. The van der Waals surface area contributed by atoms with E-state index in [1.165, 1.54) is 5.56 Å². The second-order valence-corrected chi connectivity index (χ2v) is 6.48. The number of nitrogens with zero attached hydrogens (tertiary/aromatic N) is 2. The predicted molar refractivity (Wildman–Crippen MR) is 93.5 cm³/mol. The molecule has 1 saturated carbocycles. The smallest absolute Gasteiger partial charge is 0.320 e. The third kappa shape index (κ3) is 3.76. The monoisotopic (exact) mass is 328 g/mol. The zero-order chi connectivity index (χ0) is 17.1. The van der Waals surface area contributed by atoms with Crippen LogP contribution in [0.4, 0.5) is 10.6 Å². The number of hydrogen-bond acceptors (Lipinski definition) is 3. The molecule has 2 unspecified atom stereocenters. The quantitative estimate of drug-likeness (QED) is 0.810. The van der Waals surface area contributed by atoms with Gasteiger partial charge in [0.15, 0.2) is 5.82 Å². The number of amides is 2. The Labute approximate surface area is 141 Å². The molecule has 0 aliphatic heterocycles. The van der Waals surface area contributed by atoms with Crippen LogP contribution in [0, 0.1) is 13.8 Å². The molecular formula is C18H24N4O2. The summed E-state index contributed by atoms with van der Waals surface area (Å²) in [6.45, 7) is 3.98. The van der Waals surface area contributed by atoms with E-state index in [2.05, 4.69) is 15.7 Å². The van der Waals surface area contributed by atoms with Crippen molar-refractivity contribution in [1.82, 2.24) is 15.1 Å². The summed E-state index contributed by atoms with van der Waals surface area (Å²) in [7, 11) is 0. The molecule has 1 aliphatic carbocycles. The number of aromatic nitrogens is 2. The van der Waals surface area contributed by atoms with Crippen molar-refractivity contribution in [2.24, 2.45) is 0 Å². The molecule has 2 amide bonds. The Bertz CT molecular complexity index is 708. The summed E-state index contributed by atoms with van der Waals surface area (Å²) in [4.78, 5) is 12.1. The molecule has 128 valence electrons. The number of nitrogens with one attached hydrogen (secondary N) is 2. The maximum Gasteiger partial charge on any atom is 0.320 e. The first-order chi connectivity index (χ1) is 11.5. The lowest BCUT2D eigenvalue weighted by Crippen LogP contribution is -2.46. The highest BCUT2D eigenvalue weighted by atomic mass is 16.3. The molecule has 1 aliphatic rings. The molecule has 24 heavy (non-hydrogen) atoms. The normalized spacial score (nSPS) is 20.6. The van der Waals surface area contributed by atoms with Crippen LogP contribution in [0.2, 0.25) is 0 Å². The van der Waals surface area contributed by atoms with Gasteiger partial charge < -0.3 is 10.4 Å². The highest BCUT2D eigenvalue weighted by Crippen LogP contribution is 2.19. The molecule has 3 rings (SSSR count). The van der Waals surface area contributed by atoms with Gasteiger partial charge in [0.1, 0.15) is 0 Å². The summed E-state index contributed by atoms with van der Waals surface area (Å²) >= 11 is 0. The van der Waals surface area contributed by atoms with Crippen LogP contribution in [0.3, 0.4) is 0 Å². The second kappa shape index (κ2) is 7.05. The average molecular weight is 328 g/mol. The summed E-state index contributed by atoms with van der Waals surface area (Å²) in [5, 5.41) is 20.0. The number of rotatable bonds is 3. The second-order valence-electron chi connectivity index (χ2n) is 6.48. The van der Waals surface area contributed by atoms with E-state index in [1.807, 2.05) is 44.2 Å². The molecule has 1 heterocycles. The SMILES string of the molecule is Cc1ccc(-n2nc(NC(=O)NC3CCCCC3O)cc2C)cc1. The van der Waals surface area contributed by atoms with Gasteiger partial charge in [0.2, 0.25) is 0 Å². The van der Waals surface area contributed by atoms with E-state index < -0.39 is 6.10 Å². The lowest BCUT2D eigenvalue weighted by Gasteiger charge is -2.28. The molecule has 0 bridgehead atoms. The van der Waals surface area contributed by atoms with Gasteiger partial charge in [-0.3, -0.25) is 5.32 Å². The Hall–Kier alpha value is -2.34. The van der Waals surface area contributed by atoms with Crippen molar-refractivity contribution >= 4 is 11.8 Å². The van der Waals surface area contributed by atoms with Crippen molar-refractivity contribution < 1.29 is 9.90 Å². The number of hydrogen-bond donors (Lipinski definition) is 3. The molecule has 2 aromatic rings. The molecule has 0 spiro atoms. The summed E-state index contributed by atoms with van der Waals surface area (Å²) in [6.07, 6.45) is 3.14. The summed E-state index contributed by atoms with van der Waals surface area (Å²) in [5.74, 6) is 0.496. The fourth-order valence-electron chi connectivity index (χ4n) is 3.08. The third-order valence-electron chi connectivity index (χ3n) is 4.45. The molecule has 1 aromatic carbocycles. The van der Waals surface area contributed by atoms with Crippen LogP contribution in [-0.4, -0.2) is 33.1 Å². The molecule has 0 radical (unpaired) electrons. The van der Waals surface area contributed by atoms with Gasteiger partial charge in [-0.25, -0.2) is 9.48 Å². The number of benzene rings is 1. The number of aliphatic hydroxyl groups excluding tert-OH is 1. The van der Waals surface area contributed by atoms with Crippen molar-refractivity contribution in [2.45, 2.75) is 51.7 Å². The van der Waals surface area contributed by atoms with Gasteiger partial charge in [0, 0.05) is 11.8 Å². The number of aryl methyl sites for hydroxylation is 2. The molecule has 0 saturated heterocycles. The topological polar surface area (TPSA) is 79.2 Å². The van der Waals surface area contributed by atoms with E-state index in [4.69, 9.17) is 0 Å². The summed E-state index contributed by atoms with van der Waals surface area (Å²) < 4.78 is 1.80. The van der Waals surface area contributed by atoms with Crippen molar-refractivity contribution in [3.63, 3.8) is 0 Å². The number of carbonyl (C=O) groups is 1. The number of anilines is 1. The van der Waals surface area contributed by atoms with Crippen molar-refractivity contribution in [3.05, 3.63) is 41.6 Å². The Morgan fingerprint density at radius 3 is 2.62 bits per heavy atom. The zero-order valence-corrected chi connectivity index (χ0v) is 14.1. The molecule has 6 heteroatoms.